The summed E-state index contributed by atoms with van der Waals surface area (Å²) in [4.78, 5) is 0. The van der Waals surface area contributed by atoms with Crippen LogP contribution in [0.15, 0.2) is 24.3 Å². The normalized spacial score (nSPS) is 12.7. The van der Waals surface area contributed by atoms with Crippen LogP contribution in [0.5, 0.6) is 0 Å². The minimum Gasteiger partial charge on any atom is -0.391 e. The Balaban J connectivity index is 2.13. The summed E-state index contributed by atoms with van der Waals surface area (Å²) >= 11 is 0. The van der Waals surface area contributed by atoms with Crippen molar-refractivity contribution < 1.29 is 9.84 Å². The number of hydrogen-bond acceptors (Lipinski definition) is 3. The first-order valence-electron chi connectivity index (χ1n) is 5.65. The Bertz CT molecular complexity index is 284. The van der Waals surface area contributed by atoms with Crippen LogP contribution in [0.1, 0.15) is 17.5 Å². The van der Waals surface area contributed by atoms with Gasteiger partial charge in [0.15, 0.2) is 0 Å². The van der Waals surface area contributed by atoms with Gasteiger partial charge in [-0.3, -0.25) is 0 Å². The molecule has 0 amide bonds. The number of methoxy groups -OCH3 is 1. The van der Waals surface area contributed by atoms with E-state index < -0.39 is 0 Å². The summed E-state index contributed by atoms with van der Waals surface area (Å²) in [6.07, 6.45) is 0.357. The van der Waals surface area contributed by atoms with Crippen LogP contribution in [-0.4, -0.2) is 31.5 Å². The molecule has 1 aromatic carbocycles. The molecule has 0 bridgehead atoms. The second kappa shape index (κ2) is 7.39. The van der Waals surface area contributed by atoms with E-state index in [4.69, 9.17) is 4.74 Å². The van der Waals surface area contributed by atoms with E-state index in [9.17, 15) is 5.11 Å². The number of hydrogen-bond donors (Lipinski definition) is 2. The number of nitrogens with one attached hydrogen (secondary N) is 1. The van der Waals surface area contributed by atoms with E-state index >= 15 is 0 Å². The Morgan fingerprint density at radius 1 is 1.31 bits per heavy atom. The molecule has 1 rings (SSSR count). The molecular weight excluding hydrogens is 202 g/mol. The van der Waals surface area contributed by atoms with Crippen LogP contribution in [0.3, 0.4) is 0 Å². The minimum atomic E-state index is -0.365. The van der Waals surface area contributed by atoms with Gasteiger partial charge < -0.3 is 15.2 Å². The molecule has 3 heteroatoms. The molecule has 2 N–H and O–H groups in total. The van der Waals surface area contributed by atoms with Crippen molar-refractivity contribution in [2.45, 2.75) is 26.0 Å². The topological polar surface area (TPSA) is 41.5 Å². The Morgan fingerprint density at radius 2 is 2.00 bits per heavy atom. The fraction of sp³-hybridized carbons (Fsp3) is 0.538. The molecule has 0 heterocycles. The van der Waals surface area contributed by atoms with Gasteiger partial charge in [0.25, 0.3) is 0 Å². The maximum Gasteiger partial charge on any atom is 0.0785 e. The summed E-state index contributed by atoms with van der Waals surface area (Å²) in [5.74, 6) is 0. The highest BCUT2D eigenvalue weighted by atomic mass is 16.5. The molecule has 0 fully saturated rings. The van der Waals surface area contributed by atoms with Gasteiger partial charge in [0, 0.05) is 13.7 Å². The van der Waals surface area contributed by atoms with Crippen molar-refractivity contribution in [3.8, 4) is 0 Å². The van der Waals surface area contributed by atoms with Gasteiger partial charge in [-0.2, -0.15) is 0 Å². The maximum atomic E-state index is 9.42. The fourth-order valence-electron chi connectivity index (χ4n) is 1.48. The number of aliphatic hydroxyl groups is 1. The quantitative estimate of drug-likeness (QED) is 0.688. The van der Waals surface area contributed by atoms with Crippen LogP contribution >= 0.6 is 0 Å². The number of aliphatic hydroxyl groups excluding tert-OH is 1. The molecule has 0 aromatic heterocycles. The molecule has 3 nitrogen and oxygen atoms in total. The first kappa shape index (κ1) is 13.2. The fourth-order valence-corrected chi connectivity index (χ4v) is 1.48. The summed E-state index contributed by atoms with van der Waals surface area (Å²) in [7, 11) is 1.60. The van der Waals surface area contributed by atoms with Crippen LogP contribution < -0.4 is 5.32 Å². The lowest BCUT2D eigenvalue weighted by Crippen LogP contribution is -2.22. The molecule has 0 aliphatic heterocycles. The SMILES string of the molecule is COCC(O)CCNCc1ccc(C)cc1. The smallest absolute Gasteiger partial charge is 0.0785 e. The Morgan fingerprint density at radius 3 is 2.62 bits per heavy atom. The van der Waals surface area contributed by atoms with Crippen molar-refractivity contribution >= 4 is 0 Å². The van der Waals surface area contributed by atoms with E-state index in [1.807, 2.05) is 0 Å². The second-order valence-corrected chi connectivity index (χ2v) is 4.06. The molecule has 0 aliphatic rings. The second-order valence-electron chi connectivity index (χ2n) is 4.06. The summed E-state index contributed by atoms with van der Waals surface area (Å²) in [6.45, 7) is 4.14. The Labute approximate surface area is 97.4 Å². The zero-order valence-corrected chi connectivity index (χ0v) is 10.1. The third-order valence-corrected chi connectivity index (χ3v) is 2.46. The predicted octanol–water partition coefficient (Wildman–Crippen LogP) is 1.48. The lowest BCUT2D eigenvalue weighted by molar-refractivity contribution is 0.0594. The summed E-state index contributed by atoms with van der Waals surface area (Å²) in [6, 6.07) is 8.45. The maximum absolute atomic E-state index is 9.42. The predicted molar refractivity (Wildman–Crippen MR) is 65.4 cm³/mol. The van der Waals surface area contributed by atoms with Gasteiger partial charge in [-0.05, 0) is 25.5 Å². The van der Waals surface area contributed by atoms with E-state index in [2.05, 4.69) is 36.5 Å². The molecule has 90 valence electrons. The zero-order valence-electron chi connectivity index (χ0n) is 10.1. The van der Waals surface area contributed by atoms with Gasteiger partial charge in [-0.25, -0.2) is 0 Å². The average Bonchev–Trinajstić information content (AvgIpc) is 2.27. The largest absolute Gasteiger partial charge is 0.391 e. The number of ether oxygens (including phenoxy) is 1. The highest BCUT2D eigenvalue weighted by Gasteiger charge is 2.01. The van der Waals surface area contributed by atoms with E-state index in [0.717, 1.165) is 19.5 Å². The highest BCUT2D eigenvalue weighted by molar-refractivity contribution is 5.20. The van der Waals surface area contributed by atoms with Gasteiger partial charge in [0.1, 0.15) is 0 Å². The molecule has 0 saturated heterocycles. The lowest BCUT2D eigenvalue weighted by Gasteiger charge is -2.10. The van der Waals surface area contributed by atoms with Crippen molar-refractivity contribution in [3.05, 3.63) is 35.4 Å². The Kier molecular flexibility index (Phi) is 6.08. The molecule has 16 heavy (non-hydrogen) atoms. The number of benzene rings is 1. The number of rotatable bonds is 7. The molecule has 0 saturated carbocycles. The average molecular weight is 223 g/mol. The van der Waals surface area contributed by atoms with Crippen LogP contribution in [0.2, 0.25) is 0 Å². The third-order valence-electron chi connectivity index (χ3n) is 2.46. The molecule has 1 unspecified atom stereocenters. The van der Waals surface area contributed by atoms with Gasteiger partial charge in [0.05, 0.1) is 12.7 Å². The Hall–Kier alpha value is -0.900. The molecular formula is C13H21NO2. The standard InChI is InChI=1S/C13H21NO2/c1-11-3-5-12(6-4-11)9-14-8-7-13(15)10-16-2/h3-6,13-15H,7-10H2,1-2H3. The van der Waals surface area contributed by atoms with E-state index in [-0.39, 0.29) is 6.10 Å². The van der Waals surface area contributed by atoms with Crippen LogP contribution in [-0.2, 0) is 11.3 Å². The van der Waals surface area contributed by atoms with Crippen molar-refractivity contribution in [1.29, 1.82) is 0 Å². The highest BCUT2D eigenvalue weighted by Crippen LogP contribution is 2.02. The summed E-state index contributed by atoms with van der Waals surface area (Å²) in [5.41, 5.74) is 2.55. The molecule has 0 spiro atoms. The molecule has 1 aromatic rings. The summed E-state index contributed by atoms with van der Waals surface area (Å²) in [5, 5.41) is 12.7. The zero-order chi connectivity index (χ0) is 11.8. The van der Waals surface area contributed by atoms with Gasteiger partial charge in [-0.1, -0.05) is 29.8 Å². The number of aryl methyl sites for hydroxylation is 1. The minimum absolute atomic E-state index is 0.365. The van der Waals surface area contributed by atoms with E-state index in [0.29, 0.717) is 6.61 Å². The van der Waals surface area contributed by atoms with Crippen molar-refractivity contribution in [2.75, 3.05) is 20.3 Å². The van der Waals surface area contributed by atoms with E-state index in [1.165, 1.54) is 11.1 Å². The van der Waals surface area contributed by atoms with Gasteiger partial charge >= 0.3 is 0 Å². The third kappa shape index (κ3) is 5.26. The monoisotopic (exact) mass is 223 g/mol. The van der Waals surface area contributed by atoms with Gasteiger partial charge in [-0.15, -0.1) is 0 Å². The molecule has 0 aliphatic carbocycles. The first-order valence-corrected chi connectivity index (χ1v) is 5.65. The molecule has 1 atom stereocenters. The summed E-state index contributed by atoms with van der Waals surface area (Å²) < 4.78 is 4.85. The van der Waals surface area contributed by atoms with Crippen LogP contribution in [0, 0.1) is 6.92 Å². The van der Waals surface area contributed by atoms with Crippen LogP contribution in [0.25, 0.3) is 0 Å². The van der Waals surface area contributed by atoms with Gasteiger partial charge in [0.2, 0.25) is 0 Å². The van der Waals surface area contributed by atoms with Crippen LogP contribution in [0.4, 0.5) is 0 Å². The molecule has 0 radical (unpaired) electrons. The van der Waals surface area contributed by atoms with Crippen molar-refractivity contribution in [3.63, 3.8) is 0 Å². The van der Waals surface area contributed by atoms with Crippen molar-refractivity contribution in [1.82, 2.24) is 5.32 Å². The lowest BCUT2D eigenvalue weighted by atomic mass is 10.1. The van der Waals surface area contributed by atoms with Crippen molar-refractivity contribution in [2.24, 2.45) is 0 Å². The first-order chi connectivity index (χ1) is 7.72. The van der Waals surface area contributed by atoms with E-state index in [1.54, 1.807) is 7.11 Å².